The Hall–Kier alpha value is -3.82. The first-order valence-corrected chi connectivity index (χ1v) is 10.7. The lowest BCUT2D eigenvalue weighted by atomic mass is 10.2. The van der Waals surface area contributed by atoms with Crippen LogP contribution in [0.15, 0.2) is 71.3 Å². The van der Waals surface area contributed by atoms with Gasteiger partial charge >= 0.3 is 12.0 Å². The molecule has 4 rings (SSSR count). The third-order valence-corrected chi connectivity index (χ3v) is 4.68. The molecular weight excluding hydrogens is 446 g/mol. The number of furan rings is 1. The van der Waals surface area contributed by atoms with Crippen LogP contribution in [0, 0.1) is 0 Å². The van der Waals surface area contributed by atoms with E-state index >= 15 is 0 Å². The van der Waals surface area contributed by atoms with E-state index in [-0.39, 0.29) is 12.0 Å². The minimum absolute atomic E-state index is 0.212. The first-order valence-electron chi connectivity index (χ1n) is 10.3. The molecule has 0 aliphatic heterocycles. The predicted octanol–water partition coefficient (Wildman–Crippen LogP) is 5.24. The van der Waals surface area contributed by atoms with Crippen molar-refractivity contribution in [3.05, 3.63) is 71.9 Å². The van der Waals surface area contributed by atoms with E-state index in [1.807, 2.05) is 6.92 Å². The maximum absolute atomic E-state index is 12.3. The van der Waals surface area contributed by atoms with Crippen LogP contribution in [-0.2, 0) is 4.74 Å². The molecule has 170 valence electrons. The Labute approximate surface area is 195 Å². The van der Waals surface area contributed by atoms with Crippen LogP contribution in [0.3, 0.4) is 0 Å². The van der Waals surface area contributed by atoms with Gasteiger partial charge in [-0.05, 0) is 61.5 Å². The lowest BCUT2D eigenvalue weighted by Crippen LogP contribution is -2.19. The van der Waals surface area contributed by atoms with Crippen molar-refractivity contribution < 1.29 is 18.7 Å². The van der Waals surface area contributed by atoms with Crippen LogP contribution in [0.2, 0.25) is 5.02 Å². The molecule has 0 fully saturated rings. The molecule has 4 aromatic rings. The van der Waals surface area contributed by atoms with E-state index in [9.17, 15) is 4.79 Å². The first-order chi connectivity index (χ1) is 16.1. The zero-order valence-electron chi connectivity index (χ0n) is 17.8. The third kappa shape index (κ3) is 5.91. The lowest BCUT2D eigenvalue weighted by molar-refractivity contribution is 0.106. The monoisotopic (exact) mass is 467 g/mol. The molecule has 0 atom stereocenters. The molecule has 0 aliphatic carbocycles. The molecule has 2 aromatic heterocycles. The van der Waals surface area contributed by atoms with Crippen molar-refractivity contribution in [3.8, 4) is 23.3 Å². The highest BCUT2D eigenvalue weighted by Crippen LogP contribution is 2.25. The van der Waals surface area contributed by atoms with Gasteiger partial charge in [0.2, 0.25) is 5.82 Å². The van der Waals surface area contributed by atoms with Crippen molar-refractivity contribution in [2.24, 2.45) is 0 Å². The first kappa shape index (κ1) is 22.4. The third-order valence-electron chi connectivity index (χ3n) is 4.44. The average molecular weight is 468 g/mol. The predicted molar refractivity (Wildman–Crippen MR) is 125 cm³/mol. The Morgan fingerprint density at radius 3 is 2.61 bits per heavy atom. The van der Waals surface area contributed by atoms with E-state index < -0.39 is 0 Å². The number of nitrogens with zero attached hydrogens (tertiary/aromatic N) is 3. The smallest absolute Gasteiger partial charge is 0.336 e. The highest BCUT2D eigenvalue weighted by atomic mass is 35.5. The number of carbonyl (C=O) groups excluding carboxylic acids is 1. The summed E-state index contributed by atoms with van der Waals surface area (Å²) in [5, 5.41) is 10.5. The molecule has 0 spiro atoms. The number of benzene rings is 2. The maximum Gasteiger partial charge on any atom is 0.336 e. The molecule has 9 nitrogen and oxygen atoms in total. The summed E-state index contributed by atoms with van der Waals surface area (Å²) >= 11 is 5.95. The van der Waals surface area contributed by atoms with Crippen molar-refractivity contribution in [3.63, 3.8) is 0 Å². The van der Waals surface area contributed by atoms with E-state index in [1.165, 1.54) is 0 Å². The van der Waals surface area contributed by atoms with E-state index in [2.05, 4.69) is 20.7 Å². The number of anilines is 2. The number of rotatable bonds is 9. The minimum atomic E-state index is -0.382. The number of carbonyl (C=O) groups is 1. The number of hydrogen-bond donors (Lipinski definition) is 2. The number of aromatic nitrogens is 3. The summed E-state index contributed by atoms with van der Waals surface area (Å²) < 4.78 is 18.0. The lowest BCUT2D eigenvalue weighted by Gasteiger charge is -2.09. The molecule has 0 saturated carbocycles. The van der Waals surface area contributed by atoms with Gasteiger partial charge in [0.25, 0.3) is 0 Å². The van der Waals surface area contributed by atoms with Gasteiger partial charge in [-0.15, -0.1) is 5.10 Å². The minimum Gasteiger partial charge on any atom is -0.461 e. The van der Waals surface area contributed by atoms with Crippen molar-refractivity contribution in [2.75, 3.05) is 30.5 Å². The van der Waals surface area contributed by atoms with Crippen LogP contribution >= 0.6 is 11.6 Å². The Kier molecular flexibility index (Phi) is 7.23. The summed E-state index contributed by atoms with van der Waals surface area (Å²) in [5.41, 5.74) is 1.92. The molecule has 2 amide bonds. The number of urea groups is 1. The zero-order valence-corrected chi connectivity index (χ0v) is 18.6. The summed E-state index contributed by atoms with van der Waals surface area (Å²) in [5.74, 6) is 1.04. The number of nitrogens with one attached hydrogen (secondary N) is 2. The van der Waals surface area contributed by atoms with E-state index in [1.54, 1.807) is 71.6 Å². The number of hydrogen-bond acceptors (Lipinski definition) is 6. The Bertz CT molecular complexity index is 1190. The van der Waals surface area contributed by atoms with Crippen LogP contribution in [0.25, 0.3) is 17.3 Å². The largest absolute Gasteiger partial charge is 0.461 e. The van der Waals surface area contributed by atoms with E-state index in [4.69, 9.17) is 25.5 Å². The van der Waals surface area contributed by atoms with Gasteiger partial charge in [-0.25, -0.2) is 9.48 Å². The van der Waals surface area contributed by atoms with Crippen LogP contribution in [0.4, 0.5) is 16.2 Å². The summed E-state index contributed by atoms with van der Waals surface area (Å²) in [6.07, 6.45) is 1.56. The Balaban J connectivity index is 1.48. The quantitative estimate of drug-likeness (QED) is 0.326. The van der Waals surface area contributed by atoms with E-state index in [0.717, 1.165) is 0 Å². The van der Waals surface area contributed by atoms with Crippen LogP contribution in [0.5, 0.6) is 6.01 Å². The van der Waals surface area contributed by atoms with Gasteiger partial charge in [0.15, 0.2) is 5.76 Å². The van der Waals surface area contributed by atoms with Gasteiger partial charge in [0, 0.05) is 23.0 Å². The fraction of sp³-hybridized carbons (Fsp3) is 0.174. The van der Waals surface area contributed by atoms with Gasteiger partial charge in [-0.3, -0.25) is 0 Å². The standard InChI is InChI=1S/C23H22ClN5O4/c1-2-31-13-14-33-23-27-21(20-7-4-12-32-20)29(28-23)19-10-8-17(9-11-19)25-22(30)26-18-6-3-5-16(24)15-18/h3-12,15H,2,13-14H2,1H3,(H2,25,26,30). The summed E-state index contributed by atoms with van der Waals surface area (Å²) in [6, 6.07) is 17.4. The van der Waals surface area contributed by atoms with Crippen molar-refractivity contribution in [2.45, 2.75) is 6.92 Å². The fourth-order valence-corrected chi connectivity index (χ4v) is 3.17. The summed E-state index contributed by atoms with van der Waals surface area (Å²) in [7, 11) is 0. The maximum atomic E-state index is 12.3. The highest BCUT2D eigenvalue weighted by Gasteiger charge is 2.17. The van der Waals surface area contributed by atoms with Crippen LogP contribution in [-0.4, -0.2) is 40.6 Å². The molecular formula is C23H22ClN5O4. The molecule has 0 saturated heterocycles. The SMILES string of the molecule is CCOCCOc1nc(-c2ccco2)n(-c2ccc(NC(=O)Nc3cccc(Cl)c3)cc2)n1. The van der Waals surface area contributed by atoms with Crippen molar-refractivity contribution in [1.29, 1.82) is 0 Å². The fourth-order valence-electron chi connectivity index (χ4n) is 2.98. The second-order valence-corrected chi connectivity index (χ2v) is 7.23. The molecule has 33 heavy (non-hydrogen) atoms. The van der Waals surface area contributed by atoms with Crippen LogP contribution in [0.1, 0.15) is 6.92 Å². The second kappa shape index (κ2) is 10.7. The molecule has 0 radical (unpaired) electrons. The molecule has 2 heterocycles. The molecule has 2 N–H and O–H groups in total. The zero-order chi connectivity index (χ0) is 23.0. The van der Waals surface area contributed by atoms with Gasteiger partial charge < -0.3 is 24.5 Å². The normalized spacial score (nSPS) is 10.7. The van der Waals surface area contributed by atoms with Gasteiger partial charge in [0.1, 0.15) is 6.61 Å². The number of halogens is 1. The molecule has 0 bridgehead atoms. The Morgan fingerprint density at radius 1 is 1.06 bits per heavy atom. The van der Waals surface area contributed by atoms with Crippen molar-refractivity contribution in [1.82, 2.24) is 14.8 Å². The topological polar surface area (TPSA) is 103 Å². The van der Waals surface area contributed by atoms with Gasteiger partial charge in [-0.2, -0.15) is 4.98 Å². The number of ether oxygens (including phenoxy) is 2. The molecule has 0 aliphatic rings. The summed E-state index contributed by atoms with van der Waals surface area (Å²) in [6.45, 7) is 3.31. The van der Waals surface area contributed by atoms with E-state index in [0.29, 0.717) is 53.5 Å². The highest BCUT2D eigenvalue weighted by molar-refractivity contribution is 6.30. The molecule has 10 heteroatoms. The summed E-state index contributed by atoms with van der Waals surface area (Å²) in [4.78, 5) is 16.7. The second-order valence-electron chi connectivity index (χ2n) is 6.79. The van der Waals surface area contributed by atoms with Crippen molar-refractivity contribution >= 4 is 29.0 Å². The molecule has 0 unspecified atom stereocenters. The molecule has 2 aromatic carbocycles. The Morgan fingerprint density at radius 2 is 1.88 bits per heavy atom. The van der Waals surface area contributed by atoms with Gasteiger partial charge in [0.05, 0.1) is 18.6 Å². The van der Waals surface area contributed by atoms with Crippen LogP contribution < -0.4 is 15.4 Å². The van der Waals surface area contributed by atoms with Gasteiger partial charge in [-0.1, -0.05) is 17.7 Å². The average Bonchev–Trinajstić information content (AvgIpc) is 3.47. The number of amides is 2.